The number of nitrogens with zero attached hydrogens (tertiary/aromatic N) is 5. The highest BCUT2D eigenvalue weighted by molar-refractivity contribution is 14.0. The van der Waals surface area contributed by atoms with Crippen LogP contribution in [0.3, 0.4) is 0 Å². The normalized spacial score (nSPS) is 17.7. The van der Waals surface area contributed by atoms with E-state index in [1.165, 1.54) is 24.3 Å². The third-order valence-corrected chi connectivity index (χ3v) is 5.86. The number of likely N-dealkylation sites (N-methyl/N-ethyl adjacent to an activating group) is 1. The van der Waals surface area contributed by atoms with E-state index in [9.17, 15) is 0 Å². The van der Waals surface area contributed by atoms with Gasteiger partial charge in [0.2, 0.25) is 0 Å². The van der Waals surface area contributed by atoms with E-state index < -0.39 is 0 Å². The molecule has 1 aliphatic heterocycles. The lowest BCUT2D eigenvalue weighted by Crippen LogP contribution is -2.44. The molecule has 1 saturated heterocycles. The minimum absolute atomic E-state index is 0. The number of hydrogen-bond donors (Lipinski definition) is 2. The molecule has 27 heavy (non-hydrogen) atoms. The molecule has 1 atom stereocenters. The van der Waals surface area contributed by atoms with Gasteiger partial charge in [0.1, 0.15) is 12.4 Å². The Balaban J connectivity index is 0.00000261. The Morgan fingerprint density at radius 2 is 2.22 bits per heavy atom. The van der Waals surface area contributed by atoms with Gasteiger partial charge in [-0.15, -0.1) is 45.5 Å². The Morgan fingerprint density at radius 1 is 1.37 bits per heavy atom. The van der Waals surface area contributed by atoms with Gasteiger partial charge < -0.3 is 15.2 Å². The van der Waals surface area contributed by atoms with Crippen molar-refractivity contribution in [2.75, 3.05) is 19.6 Å². The maximum Gasteiger partial charge on any atom is 0.192 e. The predicted octanol–water partition coefficient (Wildman–Crippen LogP) is 2.52. The SMILES string of the molecule is CCN1CCCC1CNC(=NCc1nnc(C)n1C)NCc1cccs1.I. The summed E-state index contributed by atoms with van der Waals surface area (Å²) in [6, 6.07) is 4.80. The first-order chi connectivity index (χ1) is 12.7. The molecule has 150 valence electrons. The van der Waals surface area contributed by atoms with Crippen LogP contribution in [0.1, 0.15) is 36.3 Å². The van der Waals surface area contributed by atoms with Gasteiger partial charge in [0.25, 0.3) is 0 Å². The number of thiophene rings is 1. The van der Waals surface area contributed by atoms with Crippen molar-refractivity contribution in [3.8, 4) is 0 Å². The standard InChI is InChI=1S/C18H29N7S.HI/c1-4-25-9-5-7-15(25)11-19-18(20-12-16-8-6-10-26-16)21-13-17-23-22-14(2)24(17)3;/h6,8,10,15H,4-5,7,9,11-13H2,1-3H3,(H2,19,20,21);1H. The summed E-state index contributed by atoms with van der Waals surface area (Å²) in [4.78, 5) is 8.57. The van der Waals surface area contributed by atoms with E-state index in [2.05, 4.69) is 50.2 Å². The van der Waals surface area contributed by atoms with Crippen LogP contribution in [0, 0.1) is 6.92 Å². The highest BCUT2D eigenvalue weighted by atomic mass is 127. The zero-order chi connectivity index (χ0) is 18.4. The van der Waals surface area contributed by atoms with E-state index in [1.807, 2.05) is 18.5 Å². The van der Waals surface area contributed by atoms with Crippen LogP contribution in [0.2, 0.25) is 0 Å². The number of aryl methyl sites for hydroxylation is 1. The van der Waals surface area contributed by atoms with E-state index in [1.54, 1.807) is 11.3 Å². The molecule has 0 spiro atoms. The van der Waals surface area contributed by atoms with Crippen molar-refractivity contribution in [3.63, 3.8) is 0 Å². The number of aliphatic imine (C=N–C) groups is 1. The summed E-state index contributed by atoms with van der Waals surface area (Å²) in [7, 11) is 1.98. The summed E-state index contributed by atoms with van der Waals surface area (Å²) in [5.41, 5.74) is 0. The van der Waals surface area contributed by atoms with E-state index in [0.29, 0.717) is 12.6 Å². The van der Waals surface area contributed by atoms with Gasteiger partial charge >= 0.3 is 0 Å². The van der Waals surface area contributed by atoms with Crippen molar-refractivity contribution >= 4 is 41.3 Å². The Morgan fingerprint density at radius 3 is 2.89 bits per heavy atom. The van der Waals surface area contributed by atoms with Crippen molar-refractivity contribution in [2.24, 2.45) is 12.0 Å². The molecule has 0 aliphatic carbocycles. The number of likely N-dealkylation sites (tertiary alicyclic amines) is 1. The van der Waals surface area contributed by atoms with Crippen LogP contribution in [-0.4, -0.2) is 51.3 Å². The van der Waals surface area contributed by atoms with Crippen molar-refractivity contribution in [1.29, 1.82) is 0 Å². The number of rotatable bonds is 7. The van der Waals surface area contributed by atoms with Gasteiger partial charge in [0, 0.05) is 24.5 Å². The van der Waals surface area contributed by atoms with Crippen LogP contribution >= 0.6 is 35.3 Å². The van der Waals surface area contributed by atoms with Gasteiger partial charge in [-0.05, 0) is 44.3 Å². The first-order valence-corrected chi connectivity index (χ1v) is 10.2. The van der Waals surface area contributed by atoms with Crippen LogP contribution in [0.4, 0.5) is 0 Å². The molecule has 0 amide bonds. The van der Waals surface area contributed by atoms with Crippen LogP contribution < -0.4 is 10.6 Å². The summed E-state index contributed by atoms with van der Waals surface area (Å²) in [6.45, 7) is 8.72. The van der Waals surface area contributed by atoms with E-state index in [4.69, 9.17) is 4.99 Å². The second-order valence-corrected chi connectivity index (χ2v) is 7.66. The Bertz CT molecular complexity index is 713. The van der Waals surface area contributed by atoms with Crippen LogP contribution in [-0.2, 0) is 20.1 Å². The van der Waals surface area contributed by atoms with E-state index >= 15 is 0 Å². The smallest absolute Gasteiger partial charge is 0.192 e. The number of guanidine groups is 1. The van der Waals surface area contributed by atoms with Gasteiger partial charge in [-0.2, -0.15) is 0 Å². The summed E-state index contributed by atoms with van der Waals surface area (Å²) >= 11 is 1.75. The van der Waals surface area contributed by atoms with E-state index in [0.717, 1.165) is 37.2 Å². The molecule has 1 fully saturated rings. The molecule has 0 radical (unpaired) electrons. The molecule has 1 aliphatic rings. The number of aromatic nitrogens is 3. The summed E-state index contributed by atoms with van der Waals surface area (Å²) < 4.78 is 1.98. The lowest BCUT2D eigenvalue weighted by atomic mass is 10.2. The maximum atomic E-state index is 4.74. The second-order valence-electron chi connectivity index (χ2n) is 6.63. The van der Waals surface area contributed by atoms with Crippen molar-refractivity contribution in [1.82, 2.24) is 30.3 Å². The van der Waals surface area contributed by atoms with Gasteiger partial charge in [0.05, 0.1) is 6.54 Å². The molecule has 3 heterocycles. The van der Waals surface area contributed by atoms with Crippen molar-refractivity contribution in [3.05, 3.63) is 34.0 Å². The zero-order valence-corrected chi connectivity index (χ0v) is 19.5. The van der Waals surface area contributed by atoms with Gasteiger partial charge in [0.15, 0.2) is 11.8 Å². The molecule has 2 N–H and O–H groups in total. The highest BCUT2D eigenvalue weighted by Gasteiger charge is 2.22. The Hall–Kier alpha value is -1.20. The first-order valence-electron chi connectivity index (χ1n) is 9.31. The minimum atomic E-state index is 0. The molecule has 0 bridgehead atoms. The summed E-state index contributed by atoms with van der Waals surface area (Å²) in [5, 5.41) is 17.4. The monoisotopic (exact) mass is 503 g/mol. The Labute approximate surface area is 182 Å². The minimum Gasteiger partial charge on any atom is -0.355 e. The number of nitrogens with one attached hydrogen (secondary N) is 2. The molecular weight excluding hydrogens is 473 g/mol. The van der Waals surface area contributed by atoms with Crippen molar-refractivity contribution < 1.29 is 0 Å². The Kier molecular flexibility index (Phi) is 8.97. The van der Waals surface area contributed by atoms with Crippen molar-refractivity contribution in [2.45, 2.75) is 45.8 Å². The van der Waals surface area contributed by atoms with Gasteiger partial charge in [-0.1, -0.05) is 13.0 Å². The van der Waals surface area contributed by atoms with Crippen LogP contribution in [0.25, 0.3) is 0 Å². The second kappa shape index (κ2) is 11.0. The molecule has 0 aromatic carbocycles. The van der Waals surface area contributed by atoms with Gasteiger partial charge in [-0.25, -0.2) is 4.99 Å². The lowest BCUT2D eigenvalue weighted by Gasteiger charge is -2.24. The molecule has 0 saturated carbocycles. The third-order valence-electron chi connectivity index (χ3n) is 4.98. The maximum absolute atomic E-state index is 4.74. The first kappa shape index (κ1) is 22.1. The molecular formula is C18H30IN7S. The number of hydrogen-bond acceptors (Lipinski definition) is 5. The fourth-order valence-corrected chi connectivity index (χ4v) is 3.90. The lowest BCUT2D eigenvalue weighted by molar-refractivity contribution is 0.267. The quantitative estimate of drug-likeness (QED) is 0.345. The average Bonchev–Trinajstić information content (AvgIpc) is 3.38. The molecule has 9 heteroatoms. The molecule has 1 unspecified atom stereocenters. The fraction of sp³-hybridized carbons (Fsp3) is 0.611. The van der Waals surface area contributed by atoms with E-state index in [-0.39, 0.29) is 24.0 Å². The predicted molar refractivity (Wildman–Crippen MR) is 122 cm³/mol. The molecule has 2 aromatic heterocycles. The third kappa shape index (κ3) is 6.15. The fourth-order valence-electron chi connectivity index (χ4n) is 3.25. The topological polar surface area (TPSA) is 70.4 Å². The molecule has 3 rings (SSSR count). The van der Waals surface area contributed by atoms with Crippen LogP contribution in [0.15, 0.2) is 22.5 Å². The highest BCUT2D eigenvalue weighted by Crippen LogP contribution is 2.15. The largest absolute Gasteiger partial charge is 0.355 e. The average molecular weight is 503 g/mol. The summed E-state index contributed by atoms with van der Waals surface area (Å²) in [6.07, 6.45) is 2.54. The molecule has 7 nitrogen and oxygen atoms in total. The summed E-state index contributed by atoms with van der Waals surface area (Å²) in [5.74, 6) is 2.61. The van der Waals surface area contributed by atoms with Gasteiger partial charge in [-0.3, -0.25) is 4.90 Å². The van der Waals surface area contributed by atoms with Crippen LogP contribution in [0.5, 0.6) is 0 Å². The molecule has 2 aromatic rings. The zero-order valence-electron chi connectivity index (χ0n) is 16.3. The number of halogens is 1.